The van der Waals surface area contributed by atoms with Crippen LogP contribution in [0, 0.1) is 0 Å². The summed E-state index contributed by atoms with van der Waals surface area (Å²) in [5.74, 6) is 1.60. The van der Waals surface area contributed by atoms with Crippen molar-refractivity contribution in [2.45, 2.75) is 31.4 Å². The number of amides is 1. The number of aryl methyl sites for hydroxylation is 1. The molecule has 0 bridgehead atoms. The van der Waals surface area contributed by atoms with Crippen LogP contribution in [0.5, 0.6) is 0 Å². The van der Waals surface area contributed by atoms with Gasteiger partial charge in [0.1, 0.15) is 18.1 Å². The van der Waals surface area contributed by atoms with E-state index in [2.05, 4.69) is 20.5 Å². The summed E-state index contributed by atoms with van der Waals surface area (Å²) in [6.07, 6.45) is 4.83. The molecule has 1 saturated carbocycles. The standard InChI is InChI=1S/C13H18N6O2/c1-18-7-14-5-10(18)13(21)15-9-3-8(4-9)12-17-16-11(6-20)19(12)2/h5,7-9,20H,3-4,6H2,1-2H3,(H,15,21). The zero-order valence-electron chi connectivity index (χ0n) is 12.0. The summed E-state index contributed by atoms with van der Waals surface area (Å²) in [5.41, 5.74) is 0.555. The molecule has 21 heavy (non-hydrogen) atoms. The number of aliphatic hydroxyl groups excluding tert-OH is 1. The van der Waals surface area contributed by atoms with Gasteiger partial charge in [-0.2, -0.15) is 0 Å². The van der Waals surface area contributed by atoms with Crippen molar-refractivity contribution in [2.75, 3.05) is 0 Å². The lowest BCUT2D eigenvalue weighted by molar-refractivity contribution is 0.0898. The maximum absolute atomic E-state index is 12.1. The number of nitrogens with one attached hydrogen (secondary N) is 1. The Bertz CT molecular complexity index is 655. The first-order valence-electron chi connectivity index (χ1n) is 6.86. The van der Waals surface area contributed by atoms with Gasteiger partial charge in [0.15, 0.2) is 5.82 Å². The predicted octanol–water partition coefficient (Wildman–Crippen LogP) is -0.283. The van der Waals surface area contributed by atoms with Crippen LogP contribution in [-0.2, 0) is 20.7 Å². The van der Waals surface area contributed by atoms with E-state index in [9.17, 15) is 4.79 Å². The van der Waals surface area contributed by atoms with Crippen LogP contribution < -0.4 is 5.32 Å². The van der Waals surface area contributed by atoms with Crippen LogP contribution in [0.25, 0.3) is 0 Å². The van der Waals surface area contributed by atoms with Crippen LogP contribution in [0.1, 0.15) is 40.9 Å². The zero-order chi connectivity index (χ0) is 15.0. The highest BCUT2D eigenvalue weighted by atomic mass is 16.3. The molecule has 3 rings (SSSR count). The number of aromatic nitrogens is 5. The van der Waals surface area contributed by atoms with E-state index in [1.807, 2.05) is 11.6 Å². The molecule has 1 aliphatic carbocycles. The third kappa shape index (κ3) is 2.42. The van der Waals surface area contributed by atoms with Gasteiger partial charge in [0.25, 0.3) is 5.91 Å². The molecule has 2 aromatic heterocycles. The molecule has 8 nitrogen and oxygen atoms in total. The van der Waals surface area contributed by atoms with Crippen molar-refractivity contribution >= 4 is 5.91 Å². The lowest BCUT2D eigenvalue weighted by Crippen LogP contribution is -2.44. The van der Waals surface area contributed by atoms with Crippen molar-refractivity contribution in [3.8, 4) is 0 Å². The lowest BCUT2D eigenvalue weighted by atomic mass is 9.79. The molecule has 0 unspecified atom stereocenters. The Morgan fingerprint density at radius 3 is 2.76 bits per heavy atom. The summed E-state index contributed by atoms with van der Waals surface area (Å²) >= 11 is 0. The van der Waals surface area contributed by atoms with Gasteiger partial charge >= 0.3 is 0 Å². The second-order valence-corrected chi connectivity index (χ2v) is 5.42. The maximum atomic E-state index is 12.1. The first-order valence-corrected chi connectivity index (χ1v) is 6.86. The molecule has 8 heteroatoms. The van der Waals surface area contributed by atoms with E-state index in [0.29, 0.717) is 11.5 Å². The normalized spacial score (nSPS) is 21.1. The number of rotatable bonds is 4. The van der Waals surface area contributed by atoms with Crippen molar-refractivity contribution in [2.24, 2.45) is 14.1 Å². The molecule has 2 N–H and O–H groups in total. The first-order chi connectivity index (χ1) is 10.1. The fraction of sp³-hybridized carbons (Fsp3) is 0.538. The van der Waals surface area contributed by atoms with Crippen molar-refractivity contribution < 1.29 is 9.90 Å². The van der Waals surface area contributed by atoms with Crippen LogP contribution in [0.2, 0.25) is 0 Å². The highest BCUT2D eigenvalue weighted by Gasteiger charge is 2.35. The fourth-order valence-corrected chi connectivity index (χ4v) is 2.65. The summed E-state index contributed by atoms with van der Waals surface area (Å²) in [7, 11) is 3.64. The number of hydrogen-bond acceptors (Lipinski definition) is 5. The Balaban J connectivity index is 1.57. The van der Waals surface area contributed by atoms with E-state index in [1.54, 1.807) is 24.1 Å². The Labute approximate surface area is 121 Å². The average Bonchev–Trinajstić information content (AvgIpc) is 2.99. The molecule has 1 aliphatic rings. The van der Waals surface area contributed by atoms with E-state index < -0.39 is 0 Å². The monoisotopic (exact) mass is 290 g/mol. The van der Waals surface area contributed by atoms with E-state index in [0.717, 1.165) is 18.7 Å². The molecule has 0 radical (unpaired) electrons. The third-order valence-corrected chi connectivity index (χ3v) is 4.03. The van der Waals surface area contributed by atoms with E-state index in [4.69, 9.17) is 5.11 Å². The minimum Gasteiger partial charge on any atom is -0.388 e. The Kier molecular flexibility index (Phi) is 3.46. The summed E-state index contributed by atoms with van der Waals surface area (Å²) in [6.45, 7) is -0.114. The van der Waals surface area contributed by atoms with E-state index in [1.165, 1.54) is 0 Å². The quantitative estimate of drug-likeness (QED) is 0.807. The Morgan fingerprint density at radius 2 is 2.19 bits per heavy atom. The van der Waals surface area contributed by atoms with Crippen LogP contribution >= 0.6 is 0 Å². The molecule has 0 saturated heterocycles. The van der Waals surface area contributed by atoms with Gasteiger partial charge in [0, 0.05) is 26.1 Å². The number of carbonyl (C=O) groups excluding carboxylic acids is 1. The van der Waals surface area contributed by atoms with Crippen LogP contribution in [-0.4, -0.2) is 41.4 Å². The van der Waals surface area contributed by atoms with Gasteiger partial charge in [-0.15, -0.1) is 10.2 Å². The molecule has 112 valence electrons. The second kappa shape index (κ2) is 5.28. The van der Waals surface area contributed by atoms with Gasteiger partial charge in [0.05, 0.1) is 12.5 Å². The summed E-state index contributed by atoms with van der Waals surface area (Å²) in [6, 6.07) is 0.145. The number of aliphatic hydroxyl groups is 1. The number of nitrogens with zero attached hydrogens (tertiary/aromatic N) is 5. The molecular weight excluding hydrogens is 272 g/mol. The lowest BCUT2D eigenvalue weighted by Gasteiger charge is -2.34. The predicted molar refractivity (Wildman–Crippen MR) is 73.4 cm³/mol. The van der Waals surface area contributed by atoms with Gasteiger partial charge in [-0.25, -0.2) is 4.98 Å². The molecule has 0 spiro atoms. The van der Waals surface area contributed by atoms with Gasteiger partial charge in [-0.3, -0.25) is 4.79 Å². The summed E-state index contributed by atoms with van der Waals surface area (Å²) in [5, 5.41) is 20.2. The highest BCUT2D eigenvalue weighted by Crippen LogP contribution is 2.35. The van der Waals surface area contributed by atoms with E-state index >= 15 is 0 Å². The molecule has 1 fully saturated rings. The Morgan fingerprint density at radius 1 is 1.43 bits per heavy atom. The highest BCUT2D eigenvalue weighted by molar-refractivity contribution is 5.92. The molecular formula is C13H18N6O2. The van der Waals surface area contributed by atoms with Gasteiger partial charge in [-0.1, -0.05) is 0 Å². The molecule has 2 aromatic rings. The first kappa shape index (κ1) is 13.7. The van der Waals surface area contributed by atoms with Crippen molar-refractivity contribution in [1.82, 2.24) is 29.6 Å². The van der Waals surface area contributed by atoms with Crippen LogP contribution in [0.4, 0.5) is 0 Å². The minimum absolute atomic E-state index is 0.104. The zero-order valence-corrected chi connectivity index (χ0v) is 12.0. The third-order valence-electron chi connectivity index (χ3n) is 4.03. The molecule has 2 heterocycles. The van der Waals surface area contributed by atoms with Crippen LogP contribution in [0.3, 0.4) is 0 Å². The SMILES string of the molecule is Cn1cncc1C(=O)NC1CC(c2nnc(CO)n2C)C1. The summed E-state index contributed by atoms with van der Waals surface area (Å²) < 4.78 is 3.52. The minimum atomic E-state index is -0.114. The van der Waals surface area contributed by atoms with Crippen molar-refractivity contribution in [3.05, 3.63) is 29.9 Å². The molecule has 0 aliphatic heterocycles. The number of imidazole rings is 1. The number of carbonyl (C=O) groups is 1. The molecule has 0 aromatic carbocycles. The topological polar surface area (TPSA) is 97.9 Å². The van der Waals surface area contributed by atoms with Crippen molar-refractivity contribution in [3.63, 3.8) is 0 Å². The Hall–Kier alpha value is -2.22. The fourth-order valence-electron chi connectivity index (χ4n) is 2.65. The van der Waals surface area contributed by atoms with Gasteiger partial charge in [-0.05, 0) is 12.8 Å². The second-order valence-electron chi connectivity index (χ2n) is 5.42. The van der Waals surface area contributed by atoms with Crippen LogP contribution in [0.15, 0.2) is 12.5 Å². The molecule has 0 atom stereocenters. The smallest absolute Gasteiger partial charge is 0.269 e. The largest absolute Gasteiger partial charge is 0.388 e. The molecule has 1 amide bonds. The van der Waals surface area contributed by atoms with Gasteiger partial charge < -0.3 is 19.6 Å². The average molecular weight is 290 g/mol. The summed E-state index contributed by atoms with van der Waals surface area (Å²) in [4.78, 5) is 16.0. The number of hydrogen-bond donors (Lipinski definition) is 2. The maximum Gasteiger partial charge on any atom is 0.269 e. The van der Waals surface area contributed by atoms with Gasteiger partial charge in [0.2, 0.25) is 0 Å². The van der Waals surface area contributed by atoms with Crippen molar-refractivity contribution in [1.29, 1.82) is 0 Å². The van der Waals surface area contributed by atoms with E-state index in [-0.39, 0.29) is 24.5 Å².